The van der Waals surface area contributed by atoms with Gasteiger partial charge in [0.1, 0.15) is 12.7 Å². The number of rotatable bonds is 9. The second-order valence-electron chi connectivity index (χ2n) is 4.56. The minimum atomic E-state index is -1.12. The lowest BCUT2D eigenvalue weighted by molar-refractivity contribution is -0.207. The van der Waals surface area contributed by atoms with Crippen LogP contribution < -0.4 is 0 Å². The zero-order chi connectivity index (χ0) is 14.2. The number of hydrogen-bond donors (Lipinski definition) is 1. The number of hydrogen-bond acceptors (Lipinski definition) is 8. The van der Waals surface area contributed by atoms with E-state index in [1.165, 1.54) is 0 Å². The van der Waals surface area contributed by atoms with Crippen LogP contribution in [0.1, 0.15) is 12.8 Å². The molecule has 3 atom stereocenters. The molecule has 0 bridgehead atoms. The topological polar surface area (TPSA) is 92.7 Å². The molecule has 2 fully saturated rings. The lowest BCUT2D eigenvalue weighted by atomic mass is 10.3. The zero-order valence-corrected chi connectivity index (χ0v) is 11.2. The van der Waals surface area contributed by atoms with Gasteiger partial charge in [-0.2, -0.15) is 0 Å². The van der Waals surface area contributed by atoms with Crippen molar-refractivity contribution in [2.24, 2.45) is 0 Å². The van der Waals surface area contributed by atoms with E-state index in [2.05, 4.69) is 4.74 Å². The van der Waals surface area contributed by atoms with Crippen molar-refractivity contribution >= 4 is 6.16 Å². The molecule has 1 N–H and O–H groups in total. The van der Waals surface area contributed by atoms with Crippen molar-refractivity contribution in [2.75, 3.05) is 39.6 Å². The average Bonchev–Trinajstić information content (AvgIpc) is 3.02. The molecule has 3 unspecified atom stereocenters. The van der Waals surface area contributed by atoms with Crippen LogP contribution in [0.25, 0.3) is 0 Å². The van der Waals surface area contributed by atoms with Crippen LogP contribution in [0.2, 0.25) is 0 Å². The van der Waals surface area contributed by atoms with E-state index in [0.717, 1.165) is 12.8 Å². The van der Waals surface area contributed by atoms with Gasteiger partial charge >= 0.3 is 6.16 Å². The third kappa shape index (κ3) is 5.59. The second-order valence-corrected chi connectivity index (χ2v) is 4.56. The van der Waals surface area contributed by atoms with Crippen LogP contribution in [-0.2, 0) is 28.4 Å². The van der Waals surface area contributed by atoms with E-state index in [1.807, 2.05) is 0 Å². The number of aliphatic hydroxyl groups is 1. The summed E-state index contributed by atoms with van der Waals surface area (Å²) < 4.78 is 30.0. The Hall–Kier alpha value is -0.930. The highest BCUT2D eigenvalue weighted by Gasteiger charge is 2.25. The van der Waals surface area contributed by atoms with Crippen molar-refractivity contribution in [3.63, 3.8) is 0 Å². The van der Waals surface area contributed by atoms with Crippen molar-refractivity contribution in [1.29, 1.82) is 0 Å². The van der Waals surface area contributed by atoms with Crippen LogP contribution in [0.5, 0.6) is 0 Å². The molecule has 0 aromatic heterocycles. The maximum absolute atomic E-state index is 10.6. The Balaban J connectivity index is 1.34. The zero-order valence-electron chi connectivity index (χ0n) is 11.2. The normalized spacial score (nSPS) is 29.4. The Kier molecular flexibility index (Phi) is 6.48. The predicted molar refractivity (Wildman–Crippen MR) is 63.9 cm³/mol. The Labute approximate surface area is 116 Å². The van der Waals surface area contributed by atoms with E-state index in [9.17, 15) is 4.79 Å². The fraction of sp³-hybridized carbons (Fsp3) is 0.917. The van der Waals surface area contributed by atoms with Crippen LogP contribution in [0, 0.1) is 0 Å². The molecule has 0 aromatic carbocycles. The lowest BCUT2D eigenvalue weighted by Gasteiger charge is -2.09. The Morgan fingerprint density at radius 3 is 2.35 bits per heavy atom. The van der Waals surface area contributed by atoms with Crippen LogP contribution in [0.15, 0.2) is 0 Å². The molecule has 0 spiro atoms. The van der Waals surface area contributed by atoms with Gasteiger partial charge in [0, 0.05) is 13.2 Å². The second kappa shape index (κ2) is 8.38. The highest BCUT2D eigenvalue weighted by atomic mass is 16.8. The van der Waals surface area contributed by atoms with Gasteiger partial charge < -0.3 is 33.5 Å². The molecule has 0 radical (unpaired) electrons. The van der Waals surface area contributed by atoms with E-state index in [-0.39, 0.29) is 18.8 Å². The molecule has 0 amide bonds. The number of aliphatic hydroxyl groups excluding tert-OH is 1. The molecule has 8 nitrogen and oxygen atoms in total. The molecule has 2 rings (SSSR count). The highest BCUT2D eigenvalue weighted by Crippen LogP contribution is 2.09. The van der Waals surface area contributed by atoms with Gasteiger partial charge in [-0.15, -0.1) is 0 Å². The van der Waals surface area contributed by atoms with Crippen LogP contribution in [-0.4, -0.2) is 69.6 Å². The highest BCUT2D eigenvalue weighted by molar-refractivity contribution is 5.61. The van der Waals surface area contributed by atoms with Gasteiger partial charge in [0.15, 0.2) is 6.10 Å². The summed E-state index contributed by atoms with van der Waals surface area (Å²) in [6, 6.07) is 0. The van der Waals surface area contributed by atoms with E-state index in [1.54, 1.807) is 0 Å². The summed E-state index contributed by atoms with van der Waals surface area (Å²) in [5, 5.41) is 8.95. The van der Waals surface area contributed by atoms with Crippen molar-refractivity contribution in [3.05, 3.63) is 0 Å². The fourth-order valence-electron chi connectivity index (χ4n) is 1.81. The maximum atomic E-state index is 10.6. The summed E-state index contributed by atoms with van der Waals surface area (Å²) in [4.78, 5) is 10.6. The molecule has 2 saturated heterocycles. The van der Waals surface area contributed by atoms with Gasteiger partial charge in [0.2, 0.25) is 0 Å². The first-order chi connectivity index (χ1) is 9.74. The maximum Gasteiger partial charge on any atom is 0.508 e. The summed E-state index contributed by atoms with van der Waals surface area (Å²) in [5.74, 6) is 0. The van der Waals surface area contributed by atoms with Crippen molar-refractivity contribution < 1.29 is 38.3 Å². The number of carbonyl (C=O) groups is 1. The Bertz CT molecular complexity index is 297. The molecule has 2 aliphatic heterocycles. The monoisotopic (exact) mass is 292 g/mol. The molecular formula is C12H20O8. The molecule has 2 aliphatic rings. The molecule has 2 heterocycles. The molecule has 0 aromatic rings. The first-order valence-corrected chi connectivity index (χ1v) is 6.68. The number of ether oxygens (including phenoxy) is 6. The van der Waals surface area contributed by atoms with E-state index in [4.69, 9.17) is 28.8 Å². The SMILES string of the molecule is O=C1OCC(COCCCCOCC2COC(O)O2)O1. The summed E-state index contributed by atoms with van der Waals surface area (Å²) >= 11 is 0. The Morgan fingerprint density at radius 2 is 1.80 bits per heavy atom. The summed E-state index contributed by atoms with van der Waals surface area (Å²) in [5.41, 5.74) is 0. The average molecular weight is 292 g/mol. The fourth-order valence-corrected chi connectivity index (χ4v) is 1.81. The molecule has 116 valence electrons. The summed E-state index contributed by atoms with van der Waals surface area (Å²) in [6.45, 7) is 1.44. The summed E-state index contributed by atoms with van der Waals surface area (Å²) in [7, 11) is 0. The van der Waals surface area contributed by atoms with Crippen molar-refractivity contribution in [1.82, 2.24) is 0 Å². The lowest BCUT2D eigenvalue weighted by Crippen LogP contribution is -2.20. The van der Waals surface area contributed by atoms with E-state index < -0.39 is 12.6 Å². The first-order valence-electron chi connectivity index (χ1n) is 6.68. The smallest absolute Gasteiger partial charge is 0.430 e. The molecule has 8 heteroatoms. The van der Waals surface area contributed by atoms with Crippen molar-refractivity contribution in [3.8, 4) is 0 Å². The molecule has 20 heavy (non-hydrogen) atoms. The van der Waals surface area contributed by atoms with Crippen LogP contribution in [0.3, 0.4) is 0 Å². The molecule has 0 aliphatic carbocycles. The van der Waals surface area contributed by atoms with Gasteiger partial charge in [-0.25, -0.2) is 4.79 Å². The molecular weight excluding hydrogens is 272 g/mol. The molecule has 0 saturated carbocycles. The number of carbonyl (C=O) groups excluding carboxylic acids is 1. The number of unbranched alkanes of at least 4 members (excludes halogenated alkanes) is 1. The minimum Gasteiger partial charge on any atom is -0.430 e. The minimum absolute atomic E-state index is 0.196. The van der Waals surface area contributed by atoms with E-state index in [0.29, 0.717) is 33.0 Å². The predicted octanol–water partition coefficient (Wildman–Crippen LogP) is 0.0265. The van der Waals surface area contributed by atoms with Gasteiger partial charge in [0.25, 0.3) is 6.48 Å². The Morgan fingerprint density at radius 1 is 1.10 bits per heavy atom. The van der Waals surface area contributed by atoms with Gasteiger partial charge in [-0.3, -0.25) is 0 Å². The van der Waals surface area contributed by atoms with E-state index >= 15 is 0 Å². The van der Waals surface area contributed by atoms with Crippen molar-refractivity contribution in [2.45, 2.75) is 31.5 Å². The van der Waals surface area contributed by atoms with Gasteiger partial charge in [-0.1, -0.05) is 0 Å². The van der Waals surface area contributed by atoms with Crippen LogP contribution in [0.4, 0.5) is 4.79 Å². The largest absolute Gasteiger partial charge is 0.508 e. The quantitative estimate of drug-likeness (QED) is 0.470. The first kappa shape index (κ1) is 15.5. The van der Waals surface area contributed by atoms with Gasteiger partial charge in [0.05, 0.1) is 19.8 Å². The third-order valence-corrected chi connectivity index (χ3v) is 2.82. The summed E-state index contributed by atoms with van der Waals surface area (Å²) in [6.07, 6.45) is 0.599. The van der Waals surface area contributed by atoms with Gasteiger partial charge in [-0.05, 0) is 12.8 Å². The third-order valence-electron chi connectivity index (χ3n) is 2.82. The standard InChI is InChI=1S/C12H20O8/c13-11-17-7-9(19-11)5-15-3-1-2-4-16-6-10-8-18-12(14)20-10/h9-11,13H,1-8H2. The number of cyclic esters (lactones) is 2. The van der Waals surface area contributed by atoms with Crippen LogP contribution >= 0.6 is 0 Å².